The minimum atomic E-state index is 0.991. The van der Waals surface area contributed by atoms with Crippen molar-refractivity contribution in [3.63, 3.8) is 0 Å². The SMILES string of the molecule is CC1CCCC(CCC2CCCCC2)C1C. The highest BCUT2D eigenvalue weighted by Gasteiger charge is 2.27. The number of rotatable bonds is 3. The Morgan fingerprint density at radius 3 is 2.25 bits per heavy atom. The monoisotopic (exact) mass is 222 g/mol. The first-order chi connectivity index (χ1) is 7.77. The van der Waals surface area contributed by atoms with E-state index in [9.17, 15) is 0 Å². The molecule has 0 heteroatoms. The van der Waals surface area contributed by atoms with Crippen molar-refractivity contribution in [1.29, 1.82) is 0 Å². The molecule has 2 rings (SSSR count). The average molecular weight is 222 g/mol. The Labute approximate surface area is 102 Å². The van der Waals surface area contributed by atoms with Gasteiger partial charge in [0.15, 0.2) is 0 Å². The lowest BCUT2D eigenvalue weighted by molar-refractivity contribution is 0.159. The Kier molecular flexibility index (Phi) is 4.73. The molecule has 94 valence electrons. The smallest absolute Gasteiger partial charge is 0.0386 e. The summed E-state index contributed by atoms with van der Waals surface area (Å²) in [5, 5.41) is 0. The predicted octanol–water partition coefficient (Wildman–Crippen LogP) is 5.42. The van der Waals surface area contributed by atoms with E-state index in [2.05, 4.69) is 13.8 Å². The second kappa shape index (κ2) is 6.07. The van der Waals surface area contributed by atoms with Gasteiger partial charge >= 0.3 is 0 Å². The Bertz CT molecular complexity index is 190. The molecule has 16 heavy (non-hydrogen) atoms. The fourth-order valence-corrected chi connectivity index (χ4v) is 4.03. The van der Waals surface area contributed by atoms with Gasteiger partial charge in [0.1, 0.15) is 0 Å². The maximum atomic E-state index is 2.51. The highest BCUT2D eigenvalue weighted by Crippen LogP contribution is 2.38. The molecule has 2 fully saturated rings. The van der Waals surface area contributed by atoms with Gasteiger partial charge in [-0.1, -0.05) is 71.6 Å². The van der Waals surface area contributed by atoms with E-state index in [1.807, 2.05) is 0 Å². The second-order valence-corrected chi connectivity index (χ2v) is 6.61. The van der Waals surface area contributed by atoms with Crippen molar-refractivity contribution in [2.24, 2.45) is 23.7 Å². The summed E-state index contributed by atoms with van der Waals surface area (Å²) in [7, 11) is 0. The van der Waals surface area contributed by atoms with Crippen LogP contribution in [0.15, 0.2) is 0 Å². The first kappa shape index (κ1) is 12.5. The minimum absolute atomic E-state index is 0.991. The molecule has 0 amide bonds. The van der Waals surface area contributed by atoms with Crippen LogP contribution in [0.25, 0.3) is 0 Å². The molecule has 0 aromatic rings. The van der Waals surface area contributed by atoms with Crippen LogP contribution in [0.4, 0.5) is 0 Å². The van der Waals surface area contributed by atoms with E-state index in [-0.39, 0.29) is 0 Å². The Balaban J connectivity index is 1.71. The zero-order chi connectivity index (χ0) is 11.4. The fraction of sp³-hybridized carbons (Fsp3) is 1.00. The maximum absolute atomic E-state index is 2.51. The van der Waals surface area contributed by atoms with Crippen LogP contribution < -0.4 is 0 Å². The largest absolute Gasteiger partial charge is 0.0622 e. The van der Waals surface area contributed by atoms with Gasteiger partial charge in [-0.15, -0.1) is 0 Å². The van der Waals surface area contributed by atoms with Crippen LogP contribution in [0.5, 0.6) is 0 Å². The molecule has 3 atom stereocenters. The van der Waals surface area contributed by atoms with E-state index in [0.29, 0.717) is 0 Å². The normalized spacial score (nSPS) is 37.5. The van der Waals surface area contributed by atoms with Gasteiger partial charge in [0.05, 0.1) is 0 Å². The summed E-state index contributed by atoms with van der Waals surface area (Å²) in [5.41, 5.74) is 0. The van der Waals surface area contributed by atoms with Crippen molar-refractivity contribution in [2.75, 3.05) is 0 Å². The molecular weight excluding hydrogens is 192 g/mol. The highest BCUT2D eigenvalue weighted by molar-refractivity contribution is 4.78. The van der Waals surface area contributed by atoms with Gasteiger partial charge in [0.2, 0.25) is 0 Å². The topological polar surface area (TPSA) is 0 Å². The minimum Gasteiger partial charge on any atom is -0.0622 e. The number of hydrogen-bond acceptors (Lipinski definition) is 0. The molecule has 0 spiro atoms. The fourth-order valence-electron chi connectivity index (χ4n) is 4.03. The molecule has 0 aliphatic heterocycles. The van der Waals surface area contributed by atoms with Gasteiger partial charge in [-0.25, -0.2) is 0 Å². The second-order valence-electron chi connectivity index (χ2n) is 6.61. The van der Waals surface area contributed by atoms with Gasteiger partial charge in [-0.05, 0) is 30.1 Å². The highest BCUT2D eigenvalue weighted by atomic mass is 14.3. The van der Waals surface area contributed by atoms with Crippen molar-refractivity contribution in [3.05, 3.63) is 0 Å². The van der Waals surface area contributed by atoms with E-state index in [1.165, 1.54) is 57.8 Å². The molecule has 0 aromatic heterocycles. The van der Waals surface area contributed by atoms with E-state index in [0.717, 1.165) is 23.7 Å². The van der Waals surface area contributed by atoms with Crippen molar-refractivity contribution >= 4 is 0 Å². The average Bonchev–Trinajstić information content (AvgIpc) is 2.32. The molecule has 2 aliphatic rings. The summed E-state index contributed by atoms with van der Waals surface area (Å²) in [4.78, 5) is 0. The summed E-state index contributed by atoms with van der Waals surface area (Å²) in [5.74, 6) is 4.14. The van der Waals surface area contributed by atoms with Crippen LogP contribution in [-0.4, -0.2) is 0 Å². The van der Waals surface area contributed by atoms with E-state index >= 15 is 0 Å². The van der Waals surface area contributed by atoms with E-state index in [1.54, 1.807) is 6.42 Å². The summed E-state index contributed by atoms with van der Waals surface area (Å²) in [6.07, 6.45) is 15.2. The lowest BCUT2D eigenvalue weighted by atomic mass is 9.71. The quantitative estimate of drug-likeness (QED) is 0.598. The van der Waals surface area contributed by atoms with Crippen LogP contribution in [0.2, 0.25) is 0 Å². The van der Waals surface area contributed by atoms with Crippen molar-refractivity contribution in [3.8, 4) is 0 Å². The molecular formula is C16H30. The summed E-state index contributed by atoms with van der Waals surface area (Å²) in [6, 6.07) is 0. The predicted molar refractivity (Wildman–Crippen MR) is 71.5 cm³/mol. The molecule has 0 radical (unpaired) electrons. The van der Waals surface area contributed by atoms with Gasteiger partial charge in [0.25, 0.3) is 0 Å². The van der Waals surface area contributed by atoms with Crippen molar-refractivity contribution in [1.82, 2.24) is 0 Å². The van der Waals surface area contributed by atoms with Crippen LogP contribution >= 0.6 is 0 Å². The molecule has 0 aromatic carbocycles. The molecule has 0 bridgehead atoms. The van der Waals surface area contributed by atoms with Gasteiger partial charge < -0.3 is 0 Å². The third-order valence-electron chi connectivity index (χ3n) is 5.55. The first-order valence-corrected chi connectivity index (χ1v) is 7.77. The summed E-state index contributed by atoms with van der Waals surface area (Å²) < 4.78 is 0. The molecule has 0 saturated heterocycles. The van der Waals surface area contributed by atoms with Gasteiger partial charge in [-0.3, -0.25) is 0 Å². The zero-order valence-electron chi connectivity index (χ0n) is 11.4. The third-order valence-corrected chi connectivity index (χ3v) is 5.55. The molecule has 0 nitrogen and oxygen atoms in total. The lowest BCUT2D eigenvalue weighted by Crippen LogP contribution is -2.24. The zero-order valence-corrected chi connectivity index (χ0v) is 11.4. The molecule has 0 N–H and O–H groups in total. The van der Waals surface area contributed by atoms with Crippen molar-refractivity contribution in [2.45, 2.75) is 78.1 Å². The summed E-state index contributed by atoms with van der Waals surface area (Å²) in [6.45, 7) is 4.98. The van der Waals surface area contributed by atoms with Crippen LogP contribution in [-0.2, 0) is 0 Å². The Morgan fingerprint density at radius 2 is 1.50 bits per heavy atom. The standard InChI is InChI=1S/C16H30/c1-13-7-6-10-16(14(13)2)12-11-15-8-4-3-5-9-15/h13-16H,3-12H2,1-2H3. The van der Waals surface area contributed by atoms with E-state index < -0.39 is 0 Å². The van der Waals surface area contributed by atoms with Gasteiger partial charge in [-0.2, -0.15) is 0 Å². The molecule has 2 aliphatic carbocycles. The van der Waals surface area contributed by atoms with Crippen LogP contribution in [0, 0.1) is 23.7 Å². The third kappa shape index (κ3) is 3.25. The van der Waals surface area contributed by atoms with Crippen molar-refractivity contribution < 1.29 is 0 Å². The first-order valence-electron chi connectivity index (χ1n) is 7.77. The molecule has 2 saturated carbocycles. The van der Waals surface area contributed by atoms with Gasteiger partial charge in [0, 0.05) is 0 Å². The van der Waals surface area contributed by atoms with Crippen LogP contribution in [0.3, 0.4) is 0 Å². The molecule has 3 unspecified atom stereocenters. The van der Waals surface area contributed by atoms with E-state index in [4.69, 9.17) is 0 Å². The molecule has 0 heterocycles. The Hall–Kier alpha value is 0. The number of hydrogen-bond donors (Lipinski definition) is 0. The van der Waals surface area contributed by atoms with Crippen LogP contribution in [0.1, 0.15) is 78.1 Å². The Morgan fingerprint density at radius 1 is 0.750 bits per heavy atom. The maximum Gasteiger partial charge on any atom is -0.0386 e. The lowest BCUT2D eigenvalue weighted by Gasteiger charge is -2.35. The summed E-state index contributed by atoms with van der Waals surface area (Å²) >= 11 is 0.